The van der Waals surface area contributed by atoms with Crippen LogP contribution in [0.25, 0.3) is 0 Å². The maximum atomic E-state index is 12.1. The fourth-order valence-corrected chi connectivity index (χ4v) is 3.38. The van der Waals surface area contributed by atoms with Gasteiger partial charge in [0.2, 0.25) is 23.6 Å². The van der Waals surface area contributed by atoms with E-state index in [0.29, 0.717) is 19.6 Å². The molecule has 0 aliphatic heterocycles. The molecule has 0 saturated heterocycles. The molecule has 11 heteroatoms. The topological polar surface area (TPSA) is 144 Å². The Balaban J connectivity index is 4.92. The van der Waals surface area contributed by atoms with Crippen molar-refractivity contribution in [1.29, 1.82) is 0 Å². The van der Waals surface area contributed by atoms with E-state index in [1.54, 1.807) is 0 Å². The number of ether oxygens (including phenoxy) is 3. The normalized spacial score (nSPS) is 11.2. The average molecular weight is 545 g/mol. The highest BCUT2D eigenvalue weighted by molar-refractivity contribution is 5.76. The van der Waals surface area contributed by atoms with Gasteiger partial charge in [-0.15, -0.1) is 0 Å². The molecule has 38 heavy (non-hydrogen) atoms. The van der Waals surface area contributed by atoms with E-state index in [0.717, 1.165) is 38.5 Å². The van der Waals surface area contributed by atoms with Gasteiger partial charge in [-0.3, -0.25) is 19.2 Å². The zero-order valence-electron chi connectivity index (χ0n) is 24.1. The van der Waals surface area contributed by atoms with E-state index in [2.05, 4.69) is 42.0 Å². The van der Waals surface area contributed by atoms with Crippen LogP contribution >= 0.6 is 0 Å². The number of nitrogens with one attached hydrogen (secondary N) is 4. The van der Waals surface area contributed by atoms with Crippen LogP contribution in [0.3, 0.4) is 0 Å². The molecule has 0 spiro atoms. The SMILES string of the molecule is CCCCNC(=O)CCOCC(COCCC(=O)NCCCC)(COCCC(=O)NCCCC)NC(C)=O. The molecule has 0 aromatic rings. The van der Waals surface area contributed by atoms with Gasteiger partial charge in [0.25, 0.3) is 0 Å². The molecule has 0 radical (unpaired) electrons. The van der Waals surface area contributed by atoms with Crippen molar-refractivity contribution >= 4 is 23.6 Å². The lowest BCUT2D eigenvalue weighted by Gasteiger charge is -2.34. The van der Waals surface area contributed by atoms with Crippen molar-refractivity contribution in [1.82, 2.24) is 21.3 Å². The van der Waals surface area contributed by atoms with Gasteiger partial charge in [0.05, 0.1) is 39.6 Å². The Bertz CT molecular complexity index is 587. The van der Waals surface area contributed by atoms with Crippen LogP contribution in [0.5, 0.6) is 0 Å². The number of hydrogen-bond donors (Lipinski definition) is 4. The molecular weight excluding hydrogens is 492 g/mol. The summed E-state index contributed by atoms with van der Waals surface area (Å²) in [7, 11) is 0. The molecule has 11 nitrogen and oxygen atoms in total. The zero-order valence-corrected chi connectivity index (χ0v) is 24.1. The molecule has 0 unspecified atom stereocenters. The minimum absolute atomic E-state index is 0.0419. The predicted octanol–water partition coefficient (Wildman–Crippen LogP) is 1.83. The van der Waals surface area contributed by atoms with Gasteiger partial charge in [-0.2, -0.15) is 0 Å². The van der Waals surface area contributed by atoms with E-state index in [4.69, 9.17) is 14.2 Å². The molecule has 0 atom stereocenters. The Labute approximate surface area is 228 Å². The van der Waals surface area contributed by atoms with Crippen LogP contribution in [-0.4, -0.2) is 88.4 Å². The first-order chi connectivity index (χ1) is 18.3. The van der Waals surface area contributed by atoms with E-state index >= 15 is 0 Å². The number of rotatable bonds is 25. The van der Waals surface area contributed by atoms with Crippen molar-refractivity contribution in [3.05, 3.63) is 0 Å². The smallest absolute Gasteiger partial charge is 0.222 e. The second kappa shape index (κ2) is 23.8. The molecule has 0 saturated carbocycles. The summed E-state index contributed by atoms with van der Waals surface area (Å²) in [6.45, 7) is 10.1. The van der Waals surface area contributed by atoms with Crippen molar-refractivity contribution in [2.75, 3.05) is 59.3 Å². The van der Waals surface area contributed by atoms with Gasteiger partial charge in [0, 0.05) is 45.8 Å². The number of hydrogen-bond acceptors (Lipinski definition) is 7. The number of carbonyl (C=O) groups excluding carboxylic acids is 4. The Morgan fingerprint density at radius 1 is 0.579 bits per heavy atom. The second-order valence-electron chi connectivity index (χ2n) is 9.48. The zero-order chi connectivity index (χ0) is 28.5. The van der Waals surface area contributed by atoms with E-state index in [-0.39, 0.29) is 82.5 Å². The first kappa shape index (κ1) is 35.8. The Hall–Kier alpha value is -2.24. The summed E-state index contributed by atoms with van der Waals surface area (Å²) < 4.78 is 17.3. The van der Waals surface area contributed by atoms with E-state index < -0.39 is 5.54 Å². The van der Waals surface area contributed by atoms with Gasteiger partial charge >= 0.3 is 0 Å². The quantitative estimate of drug-likeness (QED) is 0.128. The Morgan fingerprint density at radius 2 is 0.895 bits per heavy atom. The maximum Gasteiger partial charge on any atom is 0.222 e. The van der Waals surface area contributed by atoms with E-state index in [9.17, 15) is 19.2 Å². The third-order valence-corrected chi connectivity index (χ3v) is 5.55. The minimum atomic E-state index is -1.04. The van der Waals surface area contributed by atoms with Crippen LogP contribution in [0.4, 0.5) is 0 Å². The van der Waals surface area contributed by atoms with Crippen LogP contribution in [0.2, 0.25) is 0 Å². The van der Waals surface area contributed by atoms with Gasteiger partial charge < -0.3 is 35.5 Å². The summed E-state index contributed by atoms with van der Waals surface area (Å²) in [5.41, 5.74) is -1.04. The van der Waals surface area contributed by atoms with Gasteiger partial charge in [0.1, 0.15) is 5.54 Å². The summed E-state index contributed by atoms with van der Waals surface area (Å²) >= 11 is 0. The standard InChI is InChI=1S/C27H52N4O7/c1-5-8-14-28-24(33)11-17-36-20-27(31-23(4)32,21-37-18-12-25(34)29-15-9-6-2)22-38-19-13-26(35)30-16-10-7-3/h5-22H2,1-4H3,(H,28,33)(H,29,34)(H,30,35)(H,31,32). The highest BCUT2D eigenvalue weighted by atomic mass is 16.5. The Morgan fingerprint density at radius 3 is 1.16 bits per heavy atom. The summed E-state index contributed by atoms with van der Waals surface area (Å²) in [5.74, 6) is -0.592. The van der Waals surface area contributed by atoms with Gasteiger partial charge in [-0.25, -0.2) is 0 Å². The number of amides is 4. The van der Waals surface area contributed by atoms with Crippen LogP contribution in [-0.2, 0) is 33.4 Å². The van der Waals surface area contributed by atoms with Crippen LogP contribution in [0, 0.1) is 0 Å². The largest absolute Gasteiger partial charge is 0.378 e. The van der Waals surface area contributed by atoms with Crippen LogP contribution in [0.1, 0.15) is 85.5 Å². The molecule has 0 aromatic carbocycles. The lowest BCUT2D eigenvalue weighted by Crippen LogP contribution is -2.58. The van der Waals surface area contributed by atoms with E-state index in [1.807, 2.05) is 0 Å². The molecule has 0 aliphatic carbocycles. The first-order valence-corrected chi connectivity index (χ1v) is 14.1. The van der Waals surface area contributed by atoms with Crippen molar-refractivity contribution in [3.8, 4) is 0 Å². The van der Waals surface area contributed by atoms with Gasteiger partial charge in [-0.1, -0.05) is 40.0 Å². The molecule has 0 bridgehead atoms. The fourth-order valence-electron chi connectivity index (χ4n) is 3.38. The van der Waals surface area contributed by atoms with Crippen molar-refractivity contribution < 1.29 is 33.4 Å². The molecule has 4 N–H and O–H groups in total. The molecule has 0 aliphatic rings. The monoisotopic (exact) mass is 544 g/mol. The third-order valence-electron chi connectivity index (χ3n) is 5.55. The van der Waals surface area contributed by atoms with Gasteiger partial charge in [-0.05, 0) is 19.3 Å². The Kier molecular flexibility index (Phi) is 22.4. The highest BCUT2D eigenvalue weighted by Crippen LogP contribution is 2.10. The summed E-state index contributed by atoms with van der Waals surface area (Å²) in [4.78, 5) is 48.0. The third kappa shape index (κ3) is 20.8. The predicted molar refractivity (Wildman–Crippen MR) is 147 cm³/mol. The number of unbranched alkanes of at least 4 members (excludes halogenated alkanes) is 3. The fraction of sp³-hybridized carbons (Fsp3) is 0.852. The lowest BCUT2D eigenvalue weighted by atomic mass is 10.0. The molecule has 0 aromatic heterocycles. The molecule has 4 amide bonds. The summed E-state index contributed by atoms with van der Waals surface area (Å²) in [6.07, 6.45) is 6.32. The minimum Gasteiger partial charge on any atom is -0.378 e. The molecule has 0 rings (SSSR count). The number of carbonyl (C=O) groups is 4. The summed E-state index contributed by atoms with van der Waals surface area (Å²) in [5, 5.41) is 11.4. The van der Waals surface area contributed by atoms with Crippen molar-refractivity contribution in [3.63, 3.8) is 0 Å². The average Bonchev–Trinajstić information content (AvgIpc) is 2.87. The van der Waals surface area contributed by atoms with Crippen molar-refractivity contribution in [2.45, 2.75) is 91.0 Å². The highest BCUT2D eigenvalue weighted by Gasteiger charge is 2.33. The van der Waals surface area contributed by atoms with Crippen LogP contribution in [0.15, 0.2) is 0 Å². The maximum absolute atomic E-state index is 12.1. The van der Waals surface area contributed by atoms with Gasteiger partial charge in [0.15, 0.2) is 0 Å². The molecule has 222 valence electrons. The molecule has 0 heterocycles. The molecule has 0 fully saturated rings. The van der Waals surface area contributed by atoms with E-state index in [1.165, 1.54) is 6.92 Å². The second-order valence-corrected chi connectivity index (χ2v) is 9.48. The molecular formula is C27H52N4O7. The summed E-state index contributed by atoms with van der Waals surface area (Å²) in [6, 6.07) is 0. The van der Waals surface area contributed by atoms with Crippen LogP contribution < -0.4 is 21.3 Å². The first-order valence-electron chi connectivity index (χ1n) is 14.1. The van der Waals surface area contributed by atoms with Crippen molar-refractivity contribution in [2.24, 2.45) is 0 Å². The lowest BCUT2D eigenvalue weighted by molar-refractivity contribution is -0.129.